The topological polar surface area (TPSA) is 101 Å². The lowest BCUT2D eigenvalue weighted by Gasteiger charge is -1.90. The van der Waals surface area contributed by atoms with Crippen LogP contribution >= 0.6 is 0 Å². The van der Waals surface area contributed by atoms with Crippen LogP contribution in [0.25, 0.3) is 0 Å². The Kier molecular flexibility index (Phi) is 10.4. The van der Waals surface area contributed by atoms with E-state index < -0.39 is 17.5 Å². The number of aliphatic hydroxyl groups is 2. The minimum atomic E-state index is -2.86. The minimum Gasteiger partial charge on any atom is -0.750 e. The Balaban J connectivity index is 0. The van der Waals surface area contributed by atoms with Crippen LogP contribution in [0.2, 0.25) is 0 Å². The van der Waals surface area contributed by atoms with Crippen molar-refractivity contribution < 1.29 is 23.5 Å². The van der Waals surface area contributed by atoms with Crippen molar-refractivity contribution in [3.05, 3.63) is 0 Å². The van der Waals surface area contributed by atoms with Crippen LogP contribution in [-0.4, -0.2) is 36.2 Å². The van der Waals surface area contributed by atoms with E-state index in [9.17, 15) is 0 Å². The summed E-state index contributed by atoms with van der Waals surface area (Å²) in [5.74, 6) is 0. The van der Waals surface area contributed by atoms with Crippen molar-refractivity contribution in [2.75, 3.05) is 6.61 Å². The van der Waals surface area contributed by atoms with Gasteiger partial charge in [0.05, 0.1) is 24.1 Å². The Morgan fingerprint density at radius 3 is 1.89 bits per heavy atom. The van der Waals surface area contributed by atoms with Gasteiger partial charge in [-0.2, -0.15) is 0 Å². The third-order valence-corrected chi connectivity index (χ3v) is 0.264. The van der Waals surface area contributed by atoms with Crippen molar-refractivity contribution in [2.24, 2.45) is 0 Å². The highest BCUT2D eigenvalue weighted by atomic mass is 32.2. The van der Waals surface area contributed by atoms with Gasteiger partial charge in [-0.25, -0.2) is 4.21 Å². The molecule has 0 saturated carbocycles. The Morgan fingerprint density at radius 2 is 1.89 bits per heavy atom. The lowest BCUT2D eigenvalue weighted by atomic mass is 10.5. The van der Waals surface area contributed by atoms with Crippen molar-refractivity contribution in [3.63, 3.8) is 0 Å². The number of aliphatic hydroxyl groups excluding tert-OH is 2. The van der Waals surface area contributed by atoms with Gasteiger partial charge in [-0.3, -0.25) is 0 Å². The largest absolute Gasteiger partial charge is 0.750 e. The predicted molar refractivity (Wildman–Crippen MR) is 30.3 cm³/mol. The average molecular weight is 157 g/mol. The fourth-order valence-corrected chi connectivity index (χ4v) is 0. The van der Waals surface area contributed by atoms with Crippen molar-refractivity contribution in [1.82, 2.24) is 0 Å². The maximum Gasteiger partial charge on any atom is 0.0814 e. The highest BCUT2D eigenvalue weighted by Crippen LogP contribution is 1.68. The lowest BCUT2D eigenvalue weighted by molar-refractivity contribution is 0.110. The van der Waals surface area contributed by atoms with Crippen LogP contribution in [-0.2, 0) is 11.4 Å². The fourth-order valence-electron chi connectivity index (χ4n) is 0. The molecule has 0 saturated heterocycles. The third-order valence-electron chi connectivity index (χ3n) is 0.264. The van der Waals surface area contributed by atoms with Gasteiger partial charge in [-0.1, -0.05) is 0 Å². The smallest absolute Gasteiger partial charge is 0.0814 e. The highest BCUT2D eigenvalue weighted by molar-refractivity contribution is 7.73. The zero-order valence-corrected chi connectivity index (χ0v) is 5.67. The van der Waals surface area contributed by atoms with E-state index in [-0.39, 0.29) is 6.61 Å². The van der Waals surface area contributed by atoms with E-state index >= 15 is 0 Å². The summed E-state index contributed by atoms with van der Waals surface area (Å²) in [6.45, 7) is 1.39. The second kappa shape index (κ2) is 7.99. The summed E-state index contributed by atoms with van der Waals surface area (Å²) in [5, 5.41) is 16.0. The first-order valence-electron chi connectivity index (χ1n) is 2.08. The normalized spacial score (nSPS) is 15.2. The maximum atomic E-state index is 8.56. The van der Waals surface area contributed by atoms with Gasteiger partial charge in [-0.05, 0) is 6.92 Å². The van der Waals surface area contributed by atoms with Crippen LogP contribution in [0.15, 0.2) is 0 Å². The molecule has 0 aliphatic rings. The summed E-state index contributed by atoms with van der Waals surface area (Å²) in [7, 11) is 0. The van der Waals surface area contributed by atoms with Crippen molar-refractivity contribution in [3.8, 4) is 0 Å². The Hall–Kier alpha value is -0.0100. The molecule has 0 rings (SSSR count). The molecule has 0 heterocycles. The molecule has 9 heavy (non-hydrogen) atoms. The maximum absolute atomic E-state index is 8.56. The molecule has 0 bridgehead atoms. The Bertz CT molecular complexity index is 68.6. The lowest BCUT2D eigenvalue weighted by Crippen LogP contribution is -2.03. The molecule has 0 aromatic carbocycles. The monoisotopic (exact) mass is 157 g/mol. The second-order valence-electron chi connectivity index (χ2n) is 1.25. The molecule has 0 radical (unpaired) electrons. The number of hydrogen-bond acceptors (Lipinski definition) is 4. The van der Waals surface area contributed by atoms with Gasteiger partial charge in [0.1, 0.15) is 0 Å². The SMILES string of the molecule is CC(O)CO.O=S([O-])O. The molecule has 0 fully saturated rings. The van der Waals surface area contributed by atoms with Crippen molar-refractivity contribution >= 4 is 11.4 Å². The van der Waals surface area contributed by atoms with E-state index in [2.05, 4.69) is 0 Å². The van der Waals surface area contributed by atoms with Crippen LogP contribution in [0.5, 0.6) is 0 Å². The van der Waals surface area contributed by atoms with E-state index in [1.54, 1.807) is 0 Å². The molecular weight excluding hydrogens is 148 g/mol. The van der Waals surface area contributed by atoms with E-state index in [1.807, 2.05) is 0 Å². The summed E-state index contributed by atoms with van der Waals surface area (Å²) in [6.07, 6.45) is -0.560. The predicted octanol–water partition coefficient (Wildman–Crippen LogP) is -1.30. The standard InChI is InChI=1S/C3H8O2.H2O3S/c1-3(5)2-4;1-4(2)3/h3-5H,2H2,1H3;(H2,1,2,3)/p-1. The first-order valence-corrected chi connectivity index (χ1v) is 3.11. The summed E-state index contributed by atoms with van der Waals surface area (Å²) < 4.78 is 24.1. The Morgan fingerprint density at radius 1 is 1.78 bits per heavy atom. The quantitative estimate of drug-likeness (QED) is 0.410. The van der Waals surface area contributed by atoms with Crippen LogP contribution in [0.1, 0.15) is 6.92 Å². The first kappa shape index (κ1) is 11.7. The molecule has 2 unspecified atom stereocenters. The first-order chi connectivity index (χ1) is 4.00. The fraction of sp³-hybridized carbons (Fsp3) is 1.00. The zero-order chi connectivity index (χ0) is 7.86. The molecule has 0 aromatic heterocycles. The molecule has 0 aliphatic heterocycles. The van der Waals surface area contributed by atoms with Gasteiger partial charge in [0, 0.05) is 0 Å². The van der Waals surface area contributed by atoms with E-state index in [1.165, 1.54) is 6.92 Å². The Labute approximate surface area is 55.4 Å². The summed E-state index contributed by atoms with van der Waals surface area (Å²) in [6, 6.07) is 0. The average Bonchev–Trinajstić information content (AvgIpc) is 1.65. The molecule has 58 valence electrons. The number of hydrogen-bond donors (Lipinski definition) is 3. The van der Waals surface area contributed by atoms with Crippen LogP contribution in [0, 0.1) is 0 Å². The van der Waals surface area contributed by atoms with Crippen molar-refractivity contribution in [2.45, 2.75) is 13.0 Å². The zero-order valence-electron chi connectivity index (χ0n) is 4.85. The van der Waals surface area contributed by atoms with E-state index in [0.717, 1.165) is 0 Å². The molecule has 5 nitrogen and oxygen atoms in total. The van der Waals surface area contributed by atoms with Crippen LogP contribution in [0.3, 0.4) is 0 Å². The molecule has 2 atom stereocenters. The molecule has 0 spiro atoms. The molecule has 0 amide bonds. The molecular formula is C3H9O5S-. The van der Waals surface area contributed by atoms with Gasteiger partial charge < -0.3 is 19.3 Å². The third kappa shape index (κ3) is 72.4. The molecule has 0 aromatic rings. The van der Waals surface area contributed by atoms with Gasteiger partial charge >= 0.3 is 0 Å². The highest BCUT2D eigenvalue weighted by Gasteiger charge is 1.83. The van der Waals surface area contributed by atoms with Crippen LogP contribution < -0.4 is 0 Å². The minimum absolute atomic E-state index is 0.139. The van der Waals surface area contributed by atoms with Gasteiger partial charge in [0.15, 0.2) is 0 Å². The van der Waals surface area contributed by atoms with Gasteiger partial charge in [-0.15, -0.1) is 0 Å². The number of rotatable bonds is 1. The van der Waals surface area contributed by atoms with Gasteiger partial charge in [0.25, 0.3) is 0 Å². The summed E-state index contributed by atoms with van der Waals surface area (Å²) in [4.78, 5) is 0. The summed E-state index contributed by atoms with van der Waals surface area (Å²) in [5.41, 5.74) is 0. The molecule has 0 aliphatic carbocycles. The molecule has 3 N–H and O–H groups in total. The van der Waals surface area contributed by atoms with Crippen LogP contribution in [0.4, 0.5) is 0 Å². The second-order valence-corrected chi connectivity index (χ2v) is 1.68. The van der Waals surface area contributed by atoms with Crippen molar-refractivity contribution in [1.29, 1.82) is 0 Å². The van der Waals surface area contributed by atoms with Gasteiger partial charge in [0.2, 0.25) is 0 Å². The summed E-state index contributed by atoms with van der Waals surface area (Å²) >= 11 is -2.86. The molecule has 6 heteroatoms. The van der Waals surface area contributed by atoms with E-state index in [4.69, 9.17) is 23.5 Å². The van der Waals surface area contributed by atoms with E-state index in [0.29, 0.717) is 0 Å².